The van der Waals surface area contributed by atoms with Crippen LogP contribution in [0.15, 0.2) is 54.7 Å². The van der Waals surface area contributed by atoms with Gasteiger partial charge in [-0.15, -0.1) is 0 Å². The second kappa shape index (κ2) is 6.88. The van der Waals surface area contributed by atoms with Gasteiger partial charge in [0.1, 0.15) is 11.6 Å². The van der Waals surface area contributed by atoms with Gasteiger partial charge in [-0.2, -0.15) is 4.98 Å². The highest BCUT2D eigenvalue weighted by Crippen LogP contribution is 2.27. The fourth-order valence-electron chi connectivity index (χ4n) is 2.36. The Kier molecular flexibility index (Phi) is 4.47. The first-order chi connectivity index (χ1) is 12.1. The molecule has 7 heteroatoms. The van der Waals surface area contributed by atoms with Gasteiger partial charge < -0.3 is 21.5 Å². The molecule has 0 atom stereocenters. The monoisotopic (exact) mass is 335 g/mol. The molecule has 2 aromatic carbocycles. The first-order valence-electron chi connectivity index (χ1n) is 7.58. The number of aromatic nitrogens is 2. The number of nitrogens with two attached hydrogens (primary N) is 1. The quantitative estimate of drug-likeness (QED) is 0.583. The van der Waals surface area contributed by atoms with E-state index in [0.29, 0.717) is 22.8 Å². The Labute approximate surface area is 144 Å². The molecule has 0 aliphatic rings. The van der Waals surface area contributed by atoms with Crippen molar-refractivity contribution in [3.63, 3.8) is 0 Å². The molecule has 7 nitrogen and oxygen atoms in total. The number of nitrogens with zero attached hydrogens (tertiary/aromatic N) is 2. The minimum Gasteiger partial charge on any atom is -0.508 e. The number of amides is 1. The van der Waals surface area contributed by atoms with E-state index in [9.17, 15) is 9.90 Å². The van der Waals surface area contributed by atoms with Gasteiger partial charge in [0.05, 0.1) is 0 Å². The van der Waals surface area contributed by atoms with Crippen LogP contribution in [0.3, 0.4) is 0 Å². The van der Waals surface area contributed by atoms with Gasteiger partial charge >= 0.3 is 0 Å². The van der Waals surface area contributed by atoms with Crippen LogP contribution in [0, 0.1) is 0 Å². The van der Waals surface area contributed by atoms with Crippen molar-refractivity contribution >= 4 is 23.4 Å². The van der Waals surface area contributed by atoms with Gasteiger partial charge in [0, 0.05) is 30.1 Å². The Bertz CT molecular complexity index is 927. The van der Waals surface area contributed by atoms with Crippen molar-refractivity contribution in [3.05, 3.63) is 60.3 Å². The molecule has 1 amide bonds. The van der Waals surface area contributed by atoms with Crippen molar-refractivity contribution in [3.8, 4) is 16.9 Å². The Morgan fingerprint density at radius 1 is 1.16 bits per heavy atom. The van der Waals surface area contributed by atoms with Gasteiger partial charge in [-0.3, -0.25) is 4.79 Å². The van der Waals surface area contributed by atoms with Crippen molar-refractivity contribution in [1.82, 2.24) is 15.3 Å². The summed E-state index contributed by atoms with van der Waals surface area (Å²) in [6.07, 6.45) is 1.59. The smallest absolute Gasteiger partial charge is 0.251 e. The SMILES string of the molecule is CNC(=O)c1cccc(Nc2ncc(-c3cccc(O)c3)c(N)n2)c1. The predicted octanol–water partition coefficient (Wildman–Crippen LogP) is 2.53. The van der Waals surface area contributed by atoms with E-state index in [0.717, 1.165) is 5.56 Å². The number of aromatic hydroxyl groups is 1. The standard InChI is InChI=1S/C18H17N5O2/c1-20-17(25)12-5-2-6-13(8-12)22-18-21-10-15(16(19)23-18)11-4-3-7-14(24)9-11/h2-10,24H,1H3,(H,20,25)(H3,19,21,22,23). The number of anilines is 3. The molecule has 126 valence electrons. The van der Waals surface area contributed by atoms with E-state index in [4.69, 9.17) is 5.73 Å². The molecule has 1 aromatic heterocycles. The Morgan fingerprint density at radius 3 is 2.68 bits per heavy atom. The van der Waals surface area contributed by atoms with Crippen LogP contribution in [-0.4, -0.2) is 28.0 Å². The van der Waals surface area contributed by atoms with Crippen molar-refractivity contribution < 1.29 is 9.90 Å². The van der Waals surface area contributed by atoms with Crippen LogP contribution in [0.25, 0.3) is 11.1 Å². The Balaban J connectivity index is 1.85. The van der Waals surface area contributed by atoms with E-state index in [-0.39, 0.29) is 17.5 Å². The lowest BCUT2D eigenvalue weighted by Gasteiger charge is -2.09. The highest BCUT2D eigenvalue weighted by atomic mass is 16.3. The van der Waals surface area contributed by atoms with Crippen LogP contribution >= 0.6 is 0 Å². The second-order valence-electron chi connectivity index (χ2n) is 5.33. The van der Waals surface area contributed by atoms with Gasteiger partial charge in [0.2, 0.25) is 5.95 Å². The average Bonchev–Trinajstić information content (AvgIpc) is 2.61. The summed E-state index contributed by atoms with van der Waals surface area (Å²) in [6.45, 7) is 0. The molecule has 1 heterocycles. The minimum atomic E-state index is -0.177. The molecule has 25 heavy (non-hydrogen) atoms. The lowest BCUT2D eigenvalue weighted by Crippen LogP contribution is -2.17. The summed E-state index contributed by atoms with van der Waals surface area (Å²) < 4.78 is 0. The summed E-state index contributed by atoms with van der Waals surface area (Å²) in [6, 6.07) is 13.7. The van der Waals surface area contributed by atoms with Crippen molar-refractivity contribution in [2.75, 3.05) is 18.1 Å². The molecule has 3 rings (SSSR count). The van der Waals surface area contributed by atoms with Gasteiger partial charge in [-0.1, -0.05) is 18.2 Å². The van der Waals surface area contributed by atoms with E-state index >= 15 is 0 Å². The number of carbonyl (C=O) groups is 1. The number of phenolic OH excluding ortho intramolecular Hbond substituents is 1. The molecule has 0 aliphatic carbocycles. The van der Waals surface area contributed by atoms with Gasteiger partial charge in [-0.05, 0) is 35.9 Å². The molecular formula is C18H17N5O2. The lowest BCUT2D eigenvalue weighted by molar-refractivity contribution is 0.0963. The topological polar surface area (TPSA) is 113 Å². The van der Waals surface area contributed by atoms with Crippen molar-refractivity contribution in [2.45, 2.75) is 0 Å². The van der Waals surface area contributed by atoms with Crippen LogP contribution in [-0.2, 0) is 0 Å². The summed E-state index contributed by atoms with van der Waals surface area (Å²) in [4.78, 5) is 20.2. The molecule has 0 saturated carbocycles. The predicted molar refractivity (Wildman–Crippen MR) is 96.7 cm³/mol. The maximum Gasteiger partial charge on any atom is 0.251 e. The molecule has 0 bridgehead atoms. The second-order valence-corrected chi connectivity index (χ2v) is 5.33. The van der Waals surface area contributed by atoms with Gasteiger partial charge in [-0.25, -0.2) is 4.98 Å². The lowest BCUT2D eigenvalue weighted by atomic mass is 10.1. The third-order valence-corrected chi connectivity index (χ3v) is 3.58. The number of hydrogen-bond donors (Lipinski definition) is 4. The first-order valence-corrected chi connectivity index (χ1v) is 7.58. The Morgan fingerprint density at radius 2 is 1.96 bits per heavy atom. The Hall–Kier alpha value is -3.61. The minimum absolute atomic E-state index is 0.144. The zero-order valence-electron chi connectivity index (χ0n) is 13.5. The molecule has 0 fully saturated rings. The van der Waals surface area contributed by atoms with Crippen molar-refractivity contribution in [1.29, 1.82) is 0 Å². The maximum absolute atomic E-state index is 11.7. The summed E-state index contributed by atoms with van der Waals surface area (Å²) in [7, 11) is 1.58. The molecular weight excluding hydrogens is 318 g/mol. The van der Waals surface area contributed by atoms with Crippen LogP contribution < -0.4 is 16.4 Å². The summed E-state index contributed by atoms with van der Waals surface area (Å²) in [5.41, 5.74) is 8.57. The maximum atomic E-state index is 11.7. The zero-order valence-corrected chi connectivity index (χ0v) is 13.5. The normalized spacial score (nSPS) is 10.3. The van der Waals surface area contributed by atoms with E-state index in [1.165, 1.54) is 0 Å². The number of hydrogen-bond acceptors (Lipinski definition) is 6. The number of phenols is 1. The molecule has 0 radical (unpaired) electrons. The zero-order chi connectivity index (χ0) is 17.8. The number of nitrogens with one attached hydrogen (secondary N) is 2. The molecule has 0 spiro atoms. The summed E-state index contributed by atoms with van der Waals surface area (Å²) >= 11 is 0. The molecule has 5 N–H and O–H groups in total. The molecule has 3 aromatic rings. The fraction of sp³-hybridized carbons (Fsp3) is 0.0556. The fourth-order valence-corrected chi connectivity index (χ4v) is 2.36. The van der Waals surface area contributed by atoms with Crippen LogP contribution in [0.2, 0.25) is 0 Å². The van der Waals surface area contributed by atoms with Gasteiger partial charge in [0.15, 0.2) is 0 Å². The highest BCUT2D eigenvalue weighted by molar-refractivity contribution is 5.95. The average molecular weight is 335 g/mol. The van der Waals surface area contributed by atoms with Crippen LogP contribution in [0.4, 0.5) is 17.5 Å². The molecule has 0 unspecified atom stereocenters. The van der Waals surface area contributed by atoms with E-state index in [1.54, 1.807) is 55.7 Å². The third kappa shape index (κ3) is 3.66. The molecule has 0 aliphatic heterocycles. The van der Waals surface area contributed by atoms with E-state index < -0.39 is 0 Å². The number of carbonyl (C=O) groups excluding carboxylic acids is 1. The largest absolute Gasteiger partial charge is 0.508 e. The number of benzene rings is 2. The van der Waals surface area contributed by atoms with E-state index in [1.807, 2.05) is 6.07 Å². The number of nitrogen functional groups attached to an aromatic ring is 1. The van der Waals surface area contributed by atoms with Crippen molar-refractivity contribution in [2.24, 2.45) is 0 Å². The third-order valence-electron chi connectivity index (χ3n) is 3.58. The first kappa shape index (κ1) is 16.3. The van der Waals surface area contributed by atoms with Crippen LogP contribution in [0.5, 0.6) is 5.75 Å². The van der Waals surface area contributed by atoms with E-state index in [2.05, 4.69) is 20.6 Å². The molecule has 0 saturated heterocycles. The number of rotatable bonds is 4. The summed E-state index contributed by atoms with van der Waals surface area (Å²) in [5, 5.41) is 15.2. The highest BCUT2D eigenvalue weighted by Gasteiger charge is 2.09. The van der Waals surface area contributed by atoms with Crippen LogP contribution in [0.1, 0.15) is 10.4 Å². The van der Waals surface area contributed by atoms with Gasteiger partial charge in [0.25, 0.3) is 5.91 Å². The summed E-state index contributed by atoms with van der Waals surface area (Å²) in [5.74, 6) is 0.564.